The highest BCUT2D eigenvalue weighted by atomic mass is 32.1. The average molecular weight is 324 g/mol. The second-order valence-corrected chi connectivity index (χ2v) is 5.24. The highest BCUT2D eigenvalue weighted by molar-refractivity contribution is 7.78. The van der Waals surface area contributed by atoms with Gasteiger partial charge in [0.15, 0.2) is 0 Å². The van der Waals surface area contributed by atoms with E-state index in [1.807, 2.05) is 36.4 Å². The van der Waals surface area contributed by atoms with Crippen molar-refractivity contribution in [3.8, 4) is 0 Å². The number of unbranched alkanes of at least 4 members (excludes halogenated alkanes) is 1. The molecule has 4 heteroatoms. The van der Waals surface area contributed by atoms with Gasteiger partial charge in [0.2, 0.25) is 0 Å². The number of rotatable bonds is 7. The van der Waals surface area contributed by atoms with Gasteiger partial charge in [-0.2, -0.15) is 9.98 Å². The topological polar surface area (TPSA) is 24.7 Å². The van der Waals surface area contributed by atoms with Crippen LogP contribution in [0.2, 0.25) is 0 Å². The molecule has 22 heavy (non-hydrogen) atoms. The zero-order valence-electron chi connectivity index (χ0n) is 12.2. The van der Waals surface area contributed by atoms with E-state index in [1.165, 1.54) is 11.1 Å². The summed E-state index contributed by atoms with van der Waals surface area (Å²) < 4.78 is 0. The van der Waals surface area contributed by atoms with Crippen molar-refractivity contribution < 1.29 is 0 Å². The molecule has 0 aliphatic carbocycles. The summed E-state index contributed by atoms with van der Waals surface area (Å²) in [6, 6.07) is 16.1. The Bertz CT molecular complexity index is 664. The number of thiocarbonyl (C=S) groups is 2. The van der Waals surface area contributed by atoms with Crippen LogP contribution in [0.5, 0.6) is 0 Å². The van der Waals surface area contributed by atoms with Gasteiger partial charge in [0.25, 0.3) is 0 Å². The molecule has 0 atom stereocenters. The zero-order valence-corrected chi connectivity index (χ0v) is 13.8. The summed E-state index contributed by atoms with van der Waals surface area (Å²) in [5.74, 6) is 0. The smallest absolute Gasteiger partial charge is 0.0771 e. The van der Waals surface area contributed by atoms with Crippen molar-refractivity contribution in [3.05, 3.63) is 59.7 Å². The normalized spacial score (nSPS) is 9.64. The largest absolute Gasteiger partial charge is 0.194 e. The Morgan fingerprint density at radius 3 is 1.50 bits per heavy atom. The fourth-order valence-corrected chi connectivity index (χ4v) is 2.59. The molecule has 0 aliphatic heterocycles. The first-order chi connectivity index (χ1) is 10.8. The SMILES string of the molecule is S=C=Nc1ccccc1CCCCc1ccccc1N=C=S. The minimum Gasteiger partial charge on any atom is -0.194 e. The van der Waals surface area contributed by atoms with Gasteiger partial charge in [-0.1, -0.05) is 36.4 Å². The Morgan fingerprint density at radius 2 is 1.09 bits per heavy atom. The highest BCUT2D eigenvalue weighted by Crippen LogP contribution is 2.23. The van der Waals surface area contributed by atoms with E-state index < -0.39 is 0 Å². The molecule has 0 spiro atoms. The van der Waals surface area contributed by atoms with Crippen molar-refractivity contribution in [2.75, 3.05) is 0 Å². The fourth-order valence-electron chi connectivity index (χ4n) is 2.39. The standard InChI is InChI=1S/C18H16N2S2/c21-13-19-17-11-5-3-9-15(17)7-1-2-8-16-10-4-6-12-18(16)20-14-22/h3-6,9-12H,1-2,7-8H2. The van der Waals surface area contributed by atoms with Crippen LogP contribution in [0.25, 0.3) is 0 Å². The Morgan fingerprint density at radius 1 is 0.682 bits per heavy atom. The van der Waals surface area contributed by atoms with Gasteiger partial charge in [-0.25, -0.2) is 0 Å². The Hall–Kier alpha value is -1.96. The fraction of sp³-hybridized carbons (Fsp3) is 0.222. The molecule has 0 saturated carbocycles. The summed E-state index contributed by atoms with van der Waals surface area (Å²) in [5.41, 5.74) is 4.27. The van der Waals surface area contributed by atoms with Crippen LogP contribution in [0, 0.1) is 0 Å². The van der Waals surface area contributed by atoms with Crippen molar-refractivity contribution in [2.45, 2.75) is 25.7 Å². The maximum absolute atomic E-state index is 4.69. The predicted molar refractivity (Wildman–Crippen MR) is 98.9 cm³/mol. The molecule has 2 aromatic carbocycles. The highest BCUT2D eigenvalue weighted by Gasteiger charge is 2.03. The molecule has 0 bridgehead atoms. The molecule has 0 unspecified atom stereocenters. The first kappa shape index (κ1) is 16.4. The van der Waals surface area contributed by atoms with E-state index in [1.54, 1.807) is 0 Å². The van der Waals surface area contributed by atoms with Crippen LogP contribution in [-0.2, 0) is 12.8 Å². The molecule has 0 radical (unpaired) electrons. The number of hydrogen-bond acceptors (Lipinski definition) is 4. The maximum atomic E-state index is 4.69. The monoisotopic (exact) mass is 324 g/mol. The zero-order chi connectivity index (χ0) is 15.6. The number of isothiocyanates is 2. The molecule has 0 heterocycles. The third-order valence-corrected chi connectivity index (χ3v) is 3.64. The van der Waals surface area contributed by atoms with Crippen LogP contribution in [0.3, 0.4) is 0 Å². The van der Waals surface area contributed by atoms with Crippen LogP contribution < -0.4 is 0 Å². The molecule has 0 saturated heterocycles. The summed E-state index contributed by atoms with van der Waals surface area (Å²) in [4.78, 5) is 8.22. The average Bonchev–Trinajstić information content (AvgIpc) is 2.55. The molecule has 0 amide bonds. The minimum atomic E-state index is 0.920. The maximum Gasteiger partial charge on any atom is 0.0771 e. The van der Waals surface area contributed by atoms with Gasteiger partial charge >= 0.3 is 0 Å². The summed E-state index contributed by atoms with van der Waals surface area (Å²) in [6.45, 7) is 0. The lowest BCUT2D eigenvalue weighted by Gasteiger charge is -2.06. The van der Waals surface area contributed by atoms with E-state index in [4.69, 9.17) is 24.4 Å². The predicted octanol–water partition coefficient (Wildman–Crippen LogP) is 5.72. The molecular weight excluding hydrogens is 308 g/mol. The molecule has 0 aromatic heterocycles. The van der Waals surface area contributed by atoms with Gasteiger partial charge < -0.3 is 0 Å². The van der Waals surface area contributed by atoms with Crippen molar-refractivity contribution in [3.63, 3.8) is 0 Å². The number of benzene rings is 2. The van der Waals surface area contributed by atoms with Gasteiger partial charge in [0, 0.05) is 0 Å². The van der Waals surface area contributed by atoms with Crippen molar-refractivity contribution in [1.82, 2.24) is 0 Å². The Kier molecular flexibility index (Phi) is 6.82. The Balaban J connectivity index is 1.93. The Labute approximate surface area is 141 Å². The van der Waals surface area contributed by atoms with E-state index in [0.717, 1.165) is 37.1 Å². The van der Waals surface area contributed by atoms with Gasteiger partial charge in [0.1, 0.15) is 0 Å². The molecule has 110 valence electrons. The minimum absolute atomic E-state index is 0.920. The van der Waals surface area contributed by atoms with Crippen LogP contribution in [0.15, 0.2) is 58.5 Å². The second kappa shape index (κ2) is 9.14. The van der Waals surface area contributed by atoms with Crippen LogP contribution in [0.1, 0.15) is 24.0 Å². The van der Waals surface area contributed by atoms with Gasteiger partial charge in [0.05, 0.1) is 21.7 Å². The van der Waals surface area contributed by atoms with Gasteiger partial charge in [-0.15, -0.1) is 0 Å². The van der Waals surface area contributed by atoms with E-state index in [-0.39, 0.29) is 0 Å². The van der Waals surface area contributed by atoms with Crippen molar-refractivity contribution in [1.29, 1.82) is 0 Å². The van der Waals surface area contributed by atoms with Crippen molar-refractivity contribution in [2.24, 2.45) is 9.98 Å². The number of hydrogen-bond donors (Lipinski definition) is 0. The third kappa shape index (κ3) is 4.80. The number of aryl methyl sites for hydroxylation is 2. The first-order valence-corrected chi connectivity index (χ1v) is 7.98. The molecular formula is C18H16N2S2. The van der Waals surface area contributed by atoms with E-state index in [2.05, 4.69) is 32.4 Å². The molecule has 2 nitrogen and oxygen atoms in total. The molecule has 0 N–H and O–H groups in total. The summed E-state index contributed by atoms with van der Waals surface area (Å²) in [7, 11) is 0. The number of para-hydroxylation sites is 2. The molecule has 0 fully saturated rings. The quantitative estimate of drug-likeness (QED) is 0.369. The van der Waals surface area contributed by atoms with Crippen LogP contribution in [-0.4, -0.2) is 10.3 Å². The number of aliphatic imine (C=N–C) groups is 2. The van der Waals surface area contributed by atoms with E-state index >= 15 is 0 Å². The van der Waals surface area contributed by atoms with Gasteiger partial charge in [-0.3, -0.25) is 0 Å². The lowest BCUT2D eigenvalue weighted by molar-refractivity contribution is 0.735. The van der Waals surface area contributed by atoms with Gasteiger partial charge in [-0.05, 0) is 73.4 Å². The lowest BCUT2D eigenvalue weighted by atomic mass is 10.0. The second-order valence-electron chi connectivity index (χ2n) is 4.87. The van der Waals surface area contributed by atoms with Crippen molar-refractivity contribution >= 4 is 46.1 Å². The first-order valence-electron chi connectivity index (χ1n) is 7.16. The van der Waals surface area contributed by atoms with E-state index in [9.17, 15) is 0 Å². The summed E-state index contributed by atoms with van der Waals surface area (Å²) in [6.07, 6.45) is 4.13. The lowest BCUT2D eigenvalue weighted by Crippen LogP contribution is -1.90. The molecule has 2 rings (SSSR count). The molecule has 0 aliphatic rings. The van der Waals surface area contributed by atoms with Crippen LogP contribution in [0.4, 0.5) is 11.4 Å². The summed E-state index contributed by atoms with van der Waals surface area (Å²) >= 11 is 9.38. The third-order valence-electron chi connectivity index (χ3n) is 3.46. The number of nitrogens with zero attached hydrogens (tertiary/aromatic N) is 2. The summed E-state index contributed by atoms with van der Waals surface area (Å²) in [5, 5.41) is 4.88. The van der Waals surface area contributed by atoms with Crippen LogP contribution >= 0.6 is 24.4 Å². The molecule has 2 aromatic rings. The van der Waals surface area contributed by atoms with E-state index in [0.29, 0.717) is 0 Å².